The molecular weight excluding hydrogens is 200 g/mol. The lowest BCUT2D eigenvalue weighted by molar-refractivity contribution is 0.744. The maximum Gasteiger partial charge on any atom is 0.151 e. The van der Waals surface area contributed by atoms with E-state index in [1.54, 1.807) is 0 Å². The fourth-order valence-electron chi connectivity index (χ4n) is 2.15. The second-order valence-corrected chi connectivity index (χ2v) is 4.23. The number of hydrogen-bond acceptors (Lipinski definition) is 3. The van der Waals surface area contributed by atoms with Crippen molar-refractivity contribution in [2.45, 2.75) is 13.1 Å². The zero-order valence-corrected chi connectivity index (χ0v) is 9.22. The maximum atomic E-state index is 5.78. The van der Waals surface area contributed by atoms with E-state index in [0.29, 0.717) is 0 Å². The summed E-state index contributed by atoms with van der Waals surface area (Å²) in [7, 11) is 1.94. The Morgan fingerprint density at radius 2 is 2.00 bits per heavy atom. The van der Waals surface area contributed by atoms with E-state index in [1.165, 1.54) is 11.1 Å². The van der Waals surface area contributed by atoms with Crippen LogP contribution in [-0.4, -0.2) is 9.78 Å². The van der Waals surface area contributed by atoms with Gasteiger partial charge < -0.3 is 10.6 Å². The van der Waals surface area contributed by atoms with E-state index < -0.39 is 0 Å². The van der Waals surface area contributed by atoms with Gasteiger partial charge in [0.2, 0.25) is 0 Å². The van der Waals surface area contributed by atoms with Gasteiger partial charge in [-0.3, -0.25) is 4.68 Å². The molecule has 16 heavy (non-hydrogen) atoms. The second-order valence-electron chi connectivity index (χ2n) is 4.23. The van der Waals surface area contributed by atoms with Gasteiger partial charge in [0.25, 0.3) is 0 Å². The quantitative estimate of drug-likeness (QED) is 0.732. The summed E-state index contributed by atoms with van der Waals surface area (Å²) in [5.41, 5.74) is 9.27. The molecule has 2 aromatic rings. The smallest absolute Gasteiger partial charge is 0.151 e. The Labute approximate surface area is 94.3 Å². The van der Waals surface area contributed by atoms with Gasteiger partial charge in [-0.2, -0.15) is 5.10 Å². The van der Waals surface area contributed by atoms with Gasteiger partial charge in [-0.15, -0.1) is 0 Å². The highest BCUT2D eigenvalue weighted by Crippen LogP contribution is 2.28. The molecule has 0 radical (unpaired) electrons. The predicted molar refractivity (Wildman–Crippen MR) is 63.9 cm³/mol. The lowest BCUT2D eigenvalue weighted by atomic mass is 10.1. The van der Waals surface area contributed by atoms with E-state index in [9.17, 15) is 0 Å². The van der Waals surface area contributed by atoms with E-state index >= 15 is 0 Å². The molecule has 2 heterocycles. The number of nitrogen functional groups attached to an aromatic ring is 1. The first-order chi connectivity index (χ1) is 7.72. The van der Waals surface area contributed by atoms with Crippen molar-refractivity contribution in [1.29, 1.82) is 0 Å². The van der Waals surface area contributed by atoms with Gasteiger partial charge in [0.1, 0.15) is 0 Å². The van der Waals surface area contributed by atoms with Crippen LogP contribution in [0.2, 0.25) is 0 Å². The molecule has 3 rings (SSSR count). The van der Waals surface area contributed by atoms with Crippen molar-refractivity contribution in [1.82, 2.24) is 9.78 Å². The molecule has 82 valence electrons. The minimum absolute atomic E-state index is 0.835. The number of rotatable bonds is 1. The van der Waals surface area contributed by atoms with E-state index in [4.69, 9.17) is 5.73 Å². The van der Waals surface area contributed by atoms with E-state index in [0.717, 1.165) is 24.6 Å². The predicted octanol–water partition coefficient (Wildman–Crippen LogP) is 1.52. The summed E-state index contributed by atoms with van der Waals surface area (Å²) in [6, 6.07) is 8.15. The molecule has 1 aromatic carbocycles. The highest BCUT2D eigenvalue weighted by molar-refractivity contribution is 5.52. The third kappa shape index (κ3) is 1.43. The molecule has 1 aliphatic heterocycles. The van der Waals surface area contributed by atoms with Crippen LogP contribution in [0, 0.1) is 0 Å². The van der Waals surface area contributed by atoms with E-state index in [1.807, 2.05) is 30.1 Å². The van der Waals surface area contributed by atoms with E-state index in [2.05, 4.69) is 22.1 Å². The summed E-state index contributed by atoms with van der Waals surface area (Å²) in [6.07, 6.45) is 1.96. The van der Waals surface area contributed by atoms with Crippen molar-refractivity contribution < 1.29 is 0 Å². The van der Waals surface area contributed by atoms with Crippen LogP contribution in [0.3, 0.4) is 0 Å². The van der Waals surface area contributed by atoms with Crippen molar-refractivity contribution in [2.24, 2.45) is 7.05 Å². The van der Waals surface area contributed by atoms with Gasteiger partial charge in [0.05, 0.1) is 0 Å². The minimum Gasteiger partial charge on any atom is -0.399 e. The van der Waals surface area contributed by atoms with Gasteiger partial charge in [-0.1, -0.05) is 6.07 Å². The summed E-state index contributed by atoms with van der Waals surface area (Å²) in [5, 5.41) is 4.41. The van der Waals surface area contributed by atoms with Gasteiger partial charge in [-0.05, 0) is 23.3 Å². The third-order valence-corrected chi connectivity index (χ3v) is 2.98. The number of hydrogen-bond donors (Lipinski definition) is 1. The first-order valence-electron chi connectivity index (χ1n) is 5.34. The molecule has 1 aromatic heterocycles. The number of nitrogens with zero attached hydrogens (tertiary/aromatic N) is 3. The lowest BCUT2D eigenvalue weighted by Gasteiger charge is -2.13. The molecule has 1 aliphatic rings. The van der Waals surface area contributed by atoms with Crippen LogP contribution >= 0.6 is 0 Å². The summed E-state index contributed by atoms with van der Waals surface area (Å²) in [6.45, 7) is 1.82. The molecule has 0 fully saturated rings. The Kier molecular flexibility index (Phi) is 1.89. The molecular formula is C12H14N4. The van der Waals surface area contributed by atoms with E-state index in [-0.39, 0.29) is 0 Å². The summed E-state index contributed by atoms with van der Waals surface area (Å²) in [5.74, 6) is 1.03. The highest BCUT2D eigenvalue weighted by atomic mass is 15.3. The summed E-state index contributed by atoms with van der Waals surface area (Å²) in [4.78, 5) is 2.25. The van der Waals surface area contributed by atoms with Crippen molar-refractivity contribution in [3.63, 3.8) is 0 Å². The Hall–Kier alpha value is -1.97. The fourth-order valence-corrected chi connectivity index (χ4v) is 2.15. The van der Waals surface area contributed by atoms with Crippen LogP contribution in [0.4, 0.5) is 11.5 Å². The van der Waals surface area contributed by atoms with Crippen LogP contribution in [-0.2, 0) is 20.1 Å². The topological polar surface area (TPSA) is 47.1 Å². The molecule has 4 nitrogen and oxygen atoms in total. The Morgan fingerprint density at radius 3 is 2.75 bits per heavy atom. The average molecular weight is 214 g/mol. The van der Waals surface area contributed by atoms with Crippen LogP contribution in [0.5, 0.6) is 0 Å². The number of aryl methyl sites for hydroxylation is 1. The lowest BCUT2D eigenvalue weighted by Crippen LogP contribution is -2.15. The molecule has 0 saturated carbocycles. The molecule has 0 bridgehead atoms. The van der Waals surface area contributed by atoms with Crippen LogP contribution in [0.25, 0.3) is 0 Å². The zero-order chi connectivity index (χ0) is 11.1. The highest BCUT2D eigenvalue weighted by Gasteiger charge is 2.20. The van der Waals surface area contributed by atoms with Crippen LogP contribution in [0.1, 0.15) is 11.1 Å². The molecule has 0 atom stereocenters. The van der Waals surface area contributed by atoms with Crippen molar-refractivity contribution in [3.05, 3.63) is 41.6 Å². The maximum absolute atomic E-state index is 5.78. The Bertz CT molecular complexity index is 530. The zero-order valence-electron chi connectivity index (χ0n) is 9.22. The molecule has 2 N–H and O–H groups in total. The second kappa shape index (κ2) is 3.27. The molecule has 0 spiro atoms. The van der Waals surface area contributed by atoms with Crippen LogP contribution in [0.15, 0.2) is 30.5 Å². The first kappa shape index (κ1) is 9.27. The number of nitrogens with two attached hydrogens (primary N) is 1. The standard InChI is InChI=1S/C12H14N4/c1-15-5-4-12(14-15)16-7-9-2-3-11(13)6-10(9)8-16/h2-6H,7-8,13H2,1H3. The van der Waals surface area contributed by atoms with Crippen molar-refractivity contribution >= 4 is 11.5 Å². The number of anilines is 2. The fraction of sp³-hybridized carbons (Fsp3) is 0.250. The van der Waals surface area contributed by atoms with Gasteiger partial charge >= 0.3 is 0 Å². The van der Waals surface area contributed by atoms with Gasteiger partial charge in [-0.25, -0.2) is 0 Å². The SMILES string of the molecule is Cn1ccc(N2Cc3ccc(N)cc3C2)n1. The molecule has 0 aliphatic carbocycles. The molecule has 0 unspecified atom stereocenters. The Morgan fingerprint density at radius 1 is 1.19 bits per heavy atom. The first-order valence-corrected chi connectivity index (χ1v) is 5.34. The van der Waals surface area contributed by atoms with Gasteiger partial charge in [0, 0.05) is 38.1 Å². The summed E-state index contributed by atoms with van der Waals surface area (Å²) >= 11 is 0. The summed E-state index contributed by atoms with van der Waals surface area (Å²) < 4.78 is 1.83. The van der Waals surface area contributed by atoms with Gasteiger partial charge in [0.15, 0.2) is 5.82 Å². The van der Waals surface area contributed by atoms with Crippen molar-refractivity contribution in [2.75, 3.05) is 10.6 Å². The average Bonchev–Trinajstić information content (AvgIpc) is 2.83. The minimum atomic E-state index is 0.835. The molecule has 0 amide bonds. The number of fused-ring (bicyclic) bond motifs is 1. The Balaban J connectivity index is 1.90. The largest absolute Gasteiger partial charge is 0.399 e. The van der Waals surface area contributed by atoms with Crippen molar-refractivity contribution in [3.8, 4) is 0 Å². The number of benzene rings is 1. The molecule has 4 heteroatoms. The third-order valence-electron chi connectivity index (χ3n) is 2.98. The number of aromatic nitrogens is 2. The van der Waals surface area contributed by atoms with Crippen LogP contribution < -0.4 is 10.6 Å². The normalized spacial score (nSPS) is 14.2. The molecule has 0 saturated heterocycles. The monoisotopic (exact) mass is 214 g/mol.